The summed E-state index contributed by atoms with van der Waals surface area (Å²) in [5, 5.41) is 0. The topological polar surface area (TPSA) is 91.4 Å². The van der Waals surface area contributed by atoms with Gasteiger partial charge >= 0.3 is 16.3 Å². The Balaban J connectivity index is 1.93. The van der Waals surface area contributed by atoms with Crippen LogP contribution in [-0.4, -0.2) is 53.7 Å². The molecular weight excluding hydrogens is 527 g/mol. The third-order valence-electron chi connectivity index (χ3n) is 5.44. The van der Waals surface area contributed by atoms with Crippen molar-refractivity contribution in [3.63, 3.8) is 0 Å². The second kappa shape index (κ2) is 12.2. The Labute approximate surface area is 218 Å². The van der Waals surface area contributed by atoms with Crippen LogP contribution in [0.2, 0.25) is 0 Å². The number of ether oxygens (including phenoxy) is 3. The largest absolute Gasteiger partial charge is 0.496 e. The summed E-state index contributed by atoms with van der Waals surface area (Å²) in [6, 6.07) is 14.3. The summed E-state index contributed by atoms with van der Waals surface area (Å²) >= 11 is 0. The predicted molar refractivity (Wildman–Crippen MR) is 132 cm³/mol. The molecule has 0 atom stereocenters. The molecule has 8 nitrogen and oxygen atoms in total. The van der Waals surface area contributed by atoms with Gasteiger partial charge < -0.3 is 23.3 Å². The summed E-state index contributed by atoms with van der Waals surface area (Å²) in [5.74, 6) is -0.192. The van der Waals surface area contributed by atoms with Gasteiger partial charge in [-0.2, -0.15) is 21.6 Å². The van der Waals surface area contributed by atoms with Crippen LogP contribution in [0.25, 0.3) is 0 Å². The van der Waals surface area contributed by atoms with Crippen molar-refractivity contribution in [3.8, 4) is 17.2 Å². The molecule has 0 bridgehead atoms. The van der Waals surface area contributed by atoms with Crippen LogP contribution in [-0.2, 0) is 27.6 Å². The Morgan fingerprint density at radius 2 is 1.58 bits per heavy atom. The lowest BCUT2D eigenvalue weighted by atomic mass is 10.1. The van der Waals surface area contributed by atoms with E-state index in [2.05, 4.69) is 0 Å². The lowest BCUT2D eigenvalue weighted by Gasteiger charge is -2.24. The number of nitrogens with zero attached hydrogens (tertiary/aromatic N) is 1. The van der Waals surface area contributed by atoms with Crippen LogP contribution in [0.4, 0.5) is 13.2 Å². The van der Waals surface area contributed by atoms with Gasteiger partial charge in [-0.15, -0.1) is 0 Å². The molecule has 0 heterocycles. The second-order valence-electron chi connectivity index (χ2n) is 7.97. The van der Waals surface area contributed by atoms with Crippen LogP contribution < -0.4 is 13.7 Å². The minimum Gasteiger partial charge on any atom is -0.496 e. The van der Waals surface area contributed by atoms with Crippen LogP contribution in [0.15, 0.2) is 71.6 Å². The standard InChI is InChI=1S/C26H26F3NO7S/c1-34-14-13-30(25(31)21-9-4-5-10-22(21)35-2)17-18-11-12-23(36-3)24(15-18)37-38(32,33)20-8-6-7-19(16-20)26(27,28)29/h4-12,15-16H,13-14,17H2,1-3H3. The SMILES string of the molecule is COCCN(Cc1ccc(OC)c(OS(=O)(=O)c2cccc(C(F)(F)F)c2)c1)C(=O)c1ccccc1OC. The Hall–Kier alpha value is -3.77. The monoisotopic (exact) mass is 553 g/mol. The molecular formula is C26H26F3NO7S. The highest BCUT2D eigenvalue weighted by molar-refractivity contribution is 7.87. The fourth-order valence-corrected chi connectivity index (χ4v) is 4.52. The first-order chi connectivity index (χ1) is 18.0. The Morgan fingerprint density at radius 3 is 2.24 bits per heavy atom. The number of para-hydroxylation sites is 1. The van der Waals surface area contributed by atoms with Gasteiger partial charge in [0.15, 0.2) is 11.5 Å². The minimum atomic E-state index is -4.73. The maximum Gasteiger partial charge on any atom is 0.416 e. The minimum absolute atomic E-state index is 0.0313. The molecule has 3 rings (SSSR count). The highest BCUT2D eigenvalue weighted by Crippen LogP contribution is 2.34. The van der Waals surface area contributed by atoms with Gasteiger partial charge in [-0.05, 0) is 48.0 Å². The molecule has 0 saturated carbocycles. The third-order valence-corrected chi connectivity index (χ3v) is 6.67. The van der Waals surface area contributed by atoms with Gasteiger partial charge in [0.2, 0.25) is 0 Å². The van der Waals surface area contributed by atoms with Crippen LogP contribution in [0.3, 0.4) is 0 Å². The van der Waals surface area contributed by atoms with E-state index < -0.39 is 26.8 Å². The summed E-state index contributed by atoms with van der Waals surface area (Å²) in [6.07, 6.45) is -4.73. The molecule has 0 spiro atoms. The Kier molecular flexibility index (Phi) is 9.23. The number of alkyl halides is 3. The maximum absolute atomic E-state index is 13.3. The zero-order valence-corrected chi connectivity index (χ0v) is 21.6. The first-order valence-electron chi connectivity index (χ1n) is 11.2. The number of rotatable bonds is 11. The number of methoxy groups -OCH3 is 3. The first-order valence-corrected chi connectivity index (χ1v) is 12.6. The average Bonchev–Trinajstić information content (AvgIpc) is 2.90. The lowest BCUT2D eigenvalue weighted by molar-refractivity contribution is -0.137. The highest BCUT2D eigenvalue weighted by atomic mass is 32.2. The molecule has 12 heteroatoms. The van der Waals surface area contributed by atoms with E-state index in [0.717, 1.165) is 18.2 Å². The molecule has 0 aliphatic rings. The van der Waals surface area contributed by atoms with Crippen molar-refractivity contribution in [1.29, 1.82) is 0 Å². The quantitative estimate of drug-likeness (QED) is 0.316. The molecule has 0 fully saturated rings. The van der Waals surface area contributed by atoms with Crippen LogP contribution in [0.1, 0.15) is 21.5 Å². The lowest BCUT2D eigenvalue weighted by Crippen LogP contribution is -2.33. The van der Waals surface area contributed by atoms with Crippen LogP contribution >= 0.6 is 0 Å². The van der Waals surface area contributed by atoms with Crippen molar-refractivity contribution >= 4 is 16.0 Å². The molecule has 1 amide bonds. The summed E-state index contributed by atoms with van der Waals surface area (Å²) in [4.78, 5) is 14.1. The summed E-state index contributed by atoms with van der Waals surface area (Å²) in [5.41, 5.74) is -0.339. The van der Waals surface area contributed by atoms with Gasteiger partial charge in [0, 0.05) is 20.2 Å². The molecule has 0 aliphatic carbocycles. The van der Waals surface area contributed by atoms with Gasteiger partial charge in [0.1, 0.15) is 10.6 Å². The van der Waals surface area contributed by atoms with E-state index in [4.69, 9.17) is 18.4 Å². The summed E-state index contributed by atoms with van der Waals surface area (Å²) in [7, 11) is -0.429. The number of hydrogen-bond donors (Lipinski definition) is 0. The van der Waals surface area contributed by atoms with Gasteiger partial charge in [-0.1, -0.05) is 24.3 Å². The van der Waals surface area contributed by atoms with Crippen LogP contribution in [0.5, 0.6) is 17.2 Å². The number of carbonyl (C=O) groups is 1. The number of halogens is 3. The van der Waals surface area contributed by atoms with Crippen molar-refractivity contribution in [2.24, 2.45) is 0 Å². The Morgan fingerprint density at radius 1 is 0.868 bits per heavy atom. The van der Waals surface area contributed by atoms with E-state index in [1.807, 2.05) is 0 Å². The molecule has 204 valence electrons. The van der Waals surface area contributed by atoms with E-state index in [0.29, 0.717) is 22.9 Å². The van der Waals surface area contributed by atoms with Gasteiger partial charge in [0.25, 0.3) is 5.91 Å². The Bertz CT molecular complexity index is 1380. The van der Waals surface area contributed by atoms with E-state index in [1.54, 1.807) is 30.3 Å². The zero-order chi connectivity index (χ0) is 27.9. The zero-order valence-electron chi connectivity index (χ0n) is 20.8. The van der Waals surface area contributed by atoms with Crippen molar-refractivity contribution in [2.75, 3.05) is 34.5 Å². The third kappa shape index (κ3) is 6.95. The van der Waals surface area contributed by atoms with E-state index >= 15 is 0 Å². The molecule has 0 aliphatic heterocycles. The fraction of sp³-hybridized carbons (Fsp3) is 0.269. The number of amides is 1. The maximum atomic E-state index is 13.3. The fourth-order valence-electron chi connectivity index (χ4n) is 3.54. The predicted octanol–water partition coefficient (Wildman–Crippen LogP) is 4.78. The number of hydrogen-bond acceptors (Lipinski definition) is 7. The second-order valence-corrected chi connectivity index (χ2v) is 9.51. The normalized spacial score (nSPS) is 11.6. The van der Waals surface area contributed by atoms with E-state index in [9.17, 15) is 26.4 Å². The number of benzene rings is 3. The molecule has 3 aromatic carbocycles. The van der Waals surface area contributed by atoms with Crippen molar-refractivity contribution in [2.45, 2.75) is 17.6 Å². The van der Waals surface area contributed by atoms with Gasteiger partial charge in [-0.3, -0.25) is 4.79 Å². The van der Waals surface area contributed by atoms with Crippen molar-refractivity contribution in [1.82, 2.24) is 4.90 Å². The number of carbonyl (C=O) groups excluding carboxylic acids is 1. The van der Waals surface area contributed by atoms with Crippen molar-refractivity contribution in [3.05, 3.63) is 83.4 Å². The molecule has 0 unspecified atom stereocenters. The molecule has 38 heavy (non-hydrogen) atoms. The molecule has 0 aromatic heterocycles. The van der Waals surface area contributed by atoms with E-state index in [-0.39, 0.29) is 37.1 Å². The van der Waals surface area contributed by atoms with E-state index in [1.165, 1.54) is 38.4 Å². The molecule has 0 radical (unpaired) electrons. The summed E-state index contributed by atoms with van der Waals surface area (Å²) < 4.78 is 85.8. The van der Waals surface area contributed by atoms with Crippen LogP contribution in [0, 0.1) is 0 Å². The first kappa shape index (κ1) is 28.8. The summed E-state index contributed by atoms with van der Waals surface area (Å²) in [6.45, 7) is 0.465. The molecule has 0 N–H and O–H groups in total. The molecule has 3 aromatic rings. The highest BCUT2D eigenvalue weighted by Gasteiger charge is 2.32. The van der Waals surface area contributed by atoms with Crippen molar-refractivity contribution < 1.29 is 44.8 Å². The van der Waals surface area contributed by atoms with Gasteiger partial charge in [0.05, 0.1) is 32.0 Å². The average molecular weight is 554 g/mol. The van der Waals surface area contributed by atoms with Gasteiger partial charge in [-0.25, -0.2) is 0 Å². The molecule has 0 saturated heterocycles. The smallest absolute Gasteiger partial charge is 0.416 e.